The van der Waals surface area contributed by atoms with Crippen molar-refractivity contribution in [2.45, 2.75) is 18.3 Å². The highest BCUT2D eigenvalue weighted by Crippen LogP contribution is 2.57. The van der Waals surface area contributed by atoms with Crippen LogP contribution in [0.2, 0.25) is 0 Å². The summed E-state index contributed by atoms with van der Waals surface area (Å²) in [5.74, 6) is 0. The summed E-state index contributed by atoms with van der Waals surface area (Å²) >= 11 is 0. The molecule has 16 aromatic rings. The van der Waals surface area contributed by atoms with E-state index in [1.807, 2.05) is 0 Å². The van der Waals surface area contributed by atoms with E-state index in [0.29, 0.717) is 0 Å². The molecule has 0 heterocycles. The standard InChI is InChI=1S/C83H56N2/c1-3-19-55(20-4-1)53-83(54-56-21-5-2-6-22-56)77-51-61(84(79-35-15-31-67-63-27-11-7-23-57(63)39-45-73(67)79)80-36-16-32-68-64-28-12-8-24-58(64)40-46-74(68)80)43-49-71(77)72-50-44-62(52-78(72)83)85(81-37-17-33-69-65-29-13-9-25-59(65)41-47-75(69)81)82-38-18-34-70-66-30-14-10-26-60(66)42-48-76(70)82/h1-52H,53-54H2. The van der Waals surface area contributed by atoms with Gasteiger partial charge in [0.25, 0.3) is 0 Å². The van der Waals surface area contributed by atoms with Crippen molar-refractivity contribution in [2.24, 2.45) is 0 Å². The smallest absolute Gasteiger partial charge is 0.0540 e. The van der Waals surface area contributed by atoms with Crippen molar-refractivity contribution in [1.29, 1.82) is 0 Å². The fourth-order valence-electron chi connectivity index (χ4n) is 14.8. The van der Waals surface area contributed by atoms with E-state index in [0.717, 1.165) is 47.0 Å². The van der Waals surface area contributed by atoms with Crippen LogP contribution >= 0.6 is 0 Å². The predicted molar refractivity (Wildman–Crippen MR) is 362 cm³/mol. The maximum atomic E-state index is 2.57. The molecular weight excluding hydrogens is 1020 g/mol. The molecule has 16 aromatic carbocycles. The summed E-state index contributed by atoms with van der Waals surface area (Å²) in [4.78, 5) is 5.13. The molecule has 0 saturated carbocycles. The van der Waals surface area contributed by atoms with Crippen LogP contribution in [0.25, 0.3) is 97.3 Å². The molecular formula is C83H56N2. The van der Waals surface area contributed by atoms with Gasteiger partial charge in [-0.1, -0.05) is 267 Å². The van der Waals surface area contributed by atoms with E-state index in [2.05, 4.69) is 325 Å². The fraction of sp³-hybridized carbons (Fsp3) is 0.0361. The Hall–Kier alpha value is -10.8. The van der Waals surface area contributed by atoms with Crippen LogP contribution in [-0.2, 0) is 18.3 Å². The topological polar surface area (TPSA) is 6.48 Å². The zero-order valence-electron chi connectivity index (χ0n) is 46.8. The Morgan fingerprint density at radius 1 is 0.212 bits per heavy atom. The first kappa shape index (κ1) is 48.9. The molecule has 2 nitrogen and oxygen atoms in total. The zero-order chi connectivity index (χ0) is 56.0. The van der Waals surface area contributed by atoms with Gasteiger partial charge >= 0.3 is 0 Å². The van der Waals surface area contributed by atoms with Crippen LogP contribution in [0, 0.1) is 0 Å². The zero-order valence-corrected chi connectivity index (χ0v) is 46.8. The average molecular weight is 1080 g/mol. The third-order valence-electron chi connectivity index (χ3n) is 18.6. The molecule has 0 spiro atoms. The quantitative estimate of drug-likeness (QED) is 0.126. The molecule has 1 aliphatic rings. The molecule has 1 aliphatic carbocycles. The lowest BCUT2D eigenvalue weighted by Crippen LogP contribution is -2.31. The summed E-state index contributed by atoms with van der Waals surface area (Å²) in [6.07, 6.45) is 1.58. The van der Waals surface area contributed by atoms with Crippen molar-refractivity contribution in [1.82, 2.24) is 0 Å². The Kier molecular flexibility index (Phi) is 11.3. The number of benzene rings is 16. The lowest BCUT2D eigenvalue weighted by molar-refractivity contribution is 0.520. The number of hydrogen-bond acceptors (Lipinski definition) is 2. The number of hydrogen-bond donors (Lipinski definition) is 0. The maximum absolute atomic E-state index is 2.57. The summed E-state index contributed by atoms with van der Waals surface area (Å²) in [5, 5.41) is 19.7. The molecule has 85 heavy (non-hydrogen) atoms. The second kappa shape index (κ2) is 19.7. The van der Waals surface area contributed by atoms with Gasteiger partial charge in [0.1, 0.15) is 0 Å². The molecule has 0 radical (unpaired) electrons. The van der Waals surface area contributed by atoms with Crippen molar-refractivity contribution in [3.8, 4) is 11.1 Å². The van der Waals surface area contributed by atoms with E-state index in [1.54, 1.807) is 0 Å². The van der Waals surface area contributed by atoms with Crippen LogP contribution in [0.1, 0.15) is 22.3 Å². The molecule has 17 rings (SSSR count). The van der Waals surface area contributed by atoms with Crippen LogP contribution in [-0.4, -0.2) is 0 Å². The average Bonchev–Trinajstić information content (AvgIpc) is 1.94. The normalized spacial score (nSPS) is 12.7. The Morgan fingerprint density at radius 3 is 0.812 bits per heavy atom. The second-order valence-corrected chi connectivity index (χ2v) is 23.2. The van der Waals surface area contributed by atoms with Gasteiger partial charge in [0, 0.05) is 38.3 Å². The molecule has 0 N–H and O–H groups in total. The van der Waals surface area contributed by atoms with E-state index in [1.165, 1.54) is 120 Å². The molecule has 0 aromatic heterocycles. The number of rotatable bonds is 10. The third kappa shape index (κ3) is 7.87. The third-order valence-corrected chi connectivity index (χ3v) is 18.6. The van der Waals surface area contributed by atoms with Crippen molar-refractivity contribution in [3.63, 3.8) is 0 Å². The van der Waals surface area contributed by atoms with Crippen LogP contribution in [0.5, 0.6) is 0 Å². The van der Waals surface area contributed by atoms with Crippen LogP contribution in [0.3, 0.4) is 0 Å². The predicted octanol–water partition coefficient (Wildman–Crippen LogP) is 22.6. The SMILES string of the molecule is c1ccc(CC2(Cc3ccccc3)c3cc(N(c4cccc5c4ccc4ccccc45)c4cccc5c4ccc4ccccc45)ccc3-c3ccc(N(c4cccc5c4ccc4ccccc45)c4cccc5c4ccc4ccccc45)cc32)cc1. The Morgan fingerprint density at radius 2 is 0.494 bits per heavy atom. The Balaban J connectivity index is 0.941. The largest absolute Gasteiger partial charge is 0.309 e. The van der Waals surface area contributed by atoms with Gasteiger partial charge in [-0.2, -0.15) is 0 Å². The lowest BCUT2D eigenvalue weighted by Gasteiger charge is -2.35. The van der Waals surface area contributed by atoms with E-state index >= 15 is 0 Å². The molecule has 0 atom stereocenters. The molecule has 2 heteroatoms. The molecule has 0 aliphatic heterocycles. The van der Waals surface area contributed by atoms with Crippen molar-refractivity contribution < 1.29 is 0 Å². The minimum Gasteiger partial charge on any atom is -0.309 e. The monoisotopic (exact) mass is 1080 g/mol. The van der Waals surface area contributed by atoms with E-state index in [-0.39, 0.29) is 0 Å². The van der Waals surface area contributed by atoms with Crippen LogP contribution in [0.4, 0.5) is 34.1 Å². The minimum absolute atomic E-state index is 0.523. The highest BCUT2D eigenvalue weighted by atomic mass is 15.2. The lowest BCUT2D eigenvalue weighted by atomic mass is 9.69. The summed E-state index contributed by atoms with van der Waals surface area (Å²) < 4.78 is 0. The van der Waals surface area contributed by atoms with Gasteiger partial charge in [-0.15, -0.1) is 0 Å². The van der Waals surface area contributed by atoms with Gasteiger partial charge in [0.15, 0.2) is 0 Å². The Bertz CT molecular complexity index is 4760. The van der Waals surface area contributed by atoms with E-state index in [4.69, 9.17) is 0 Å². The van der Waals surface area contributed by atoms with Crippen LogP contribution < -0.4 is 9.80 Å². The van der Waals surface area contributed by atoms with Gasteiger partial charge < -0.3 is 9.80 Å². The number of fused-ring (bicyclic) bond motifs is 15. The van der Waals surface area contributed by atoms with Gasteiger partial charge in [-0.3, -0.25) is 0 Å². The molecule has 0 fully saturated rings. The maximum Gasteiger partial charge on any atom is 0.0540 e. The summed E-state index contributed by atoms with van der Waals surface area (Å²) in [5.41, 5.74) is 14.0. The summed E-state index contributed by atoms with van der Waals surface area (Å²) in [6, 6.07) is 118. The highest BCUT2D eigenvalue weighted by Gasteiger charge is 2.45. The molecule has 398 valence electrons. The van der Waals surface area contributed by atoms with E-state index in [9.17, 15) is 0 Å². The molecule has 0 bridgehead atoms. The van der Waals surface area contributed by atoms with Crippen molar-refractivity contribution in [2.75, 3.05) is 9.80 Å². The number of nitrogens with zero attached hydrogens (tertiary/aromatic N) is 2. The van der Waals surface area contributed by atoms with Gasteiger partial charge in [-0.25, -0.2) is 0 Å². The second-order valence-electron chi connectivity index (χ2n) is 23.2. The summed E-state index contributed by atoms with van der Waals surface area (Å²) in [7, 11) is 0. The van der Waals surface area contributed by atoms with Crippen molar-refractivity contribution >= 4 is 120 Å². The minimum atomic E-state index is -0.523. The fourth-order valence-corrected chi connectivity index (χ4v) is 14.8. The highest BCUT2D eigenvalue weighted by molar-refractivity contribution is 6.19. The van der Waals surface area contributed by atoms with Gasteiger partial charge in [-0.05, 0) is 159 Å². The Labute approximate surface area is 494 Å². The van der Waals surface area contributed by atoms with Crippen LogP contribution in [0.15, 0.2) is 315 Å². The first-order chi connectivity index (χ1) is 42.1. The first-order valence-electron chi connectivity index (χ1n) is 29.7. The summed E-state index contributed by atoms with van der Waals surface area (Å²) in [6.45, 7) is 0. The molecule has 0 unspecified atom stereocenters. The van der Waals surface area contributed by atoms with E-state index < -0.39 is 5.41 Å². The molecule has 0 saturated heterocycles. The first-order valence-corrected chi connectivity index (χ1v) is 29.7. The molecule has 0 amide bonds. The van der Waals surface area contributed by atoms with Crippen molar-refractivity contribution in [3.05, 3.63) is 338 Å². The van der Waals surface area contributed by atoms with Gasteiger partial charge in [0.2, 0.25) is 0 Å². The van der Waals surface area contributed by atoms with Gasteiger partial charge in [0.05, 0.1) is 22.7 Å². The number of anilines is 6.